The van der Waals surface area contributed by atoms with Crippen molar-refractivity contribution in [3.05, 3.63) is 53.2 Å². The van der Waals surface area contributed by atoms with Crippen LogP contribution in [0.1, 0.15) is 5.56 Å². The molecule has 1 aromatic heterocycles. The molecular weight excluding hydrogens is 296 g/mol. The van der Waals surface area contributed by atoms with Crippen molar-refractivity contribution >= 4 is 17.4 Å². The van der Waals surface area contributed by atoms with Gasteiger partial charge in [-0.15, -0.1) is 10.2 Å². The van der Waals surface area contributed by atoms with Crippen LogP contribution < -0.4 is 4.90 Å². The van der Waals surface area contributed by atoms with Gasteiger partial charge in [-0.25, -0.2) is 0 Å². The first-order chi connectivity index (χ1) is 10.8. The van der Waals surface area contributed by atoms with Gasteiger partial charge < -0.3 is 4.90 Å². The van der Waals surface area contributed by atoms with Gasteiger partial charge in [-0.2, -0.15) is 0 Å². The van der Waals surface area contributed by atoms with E-state index in [1.165, 1.54) is 18.7 Å². The molecule has 4 nitrogen and oxygen atoms in total. The molecule has 3 heterocycles. The third-order valence-electron chi connectivity index (χ3n) is 4.75. The lowest BCUT2D eigenvalue weighted by atomic mass is 10.0. The number of hydrogen-bond donors (Lipinski definition) is 0. The van der Waals surface area contributed by atoms with Gasteiger partial charge in [0.15, 0.2) is 11.0 Å². The molecule has 0 amide bonds. The zero-order chi connectivity index (χ0) is 14.9. The van der Waals surface area contributed by atoms with Crippen LogP contribution in [0.4, 0.5) is 5.82 Å². The maximum absolute atomic E-state index is 5.81. The Kier molecular flexibility index (Phi) is 3.72. The van der Waals surface area contributed by atoms with Crippen molar-refractivity contribution in [3.8, 4) is 0 Å². The molecule has 114 valence electrons. The van der Waals surface area contributed by atoms with E-state index in [-0.39, 0.29) is 0 Å². The molecule has 0 radical (unpaired) electrons. The molecule has 2 aliphatic rings. The average Bonchev–Trinajstić information content (AvgIpc) is 3.07. The van der Waals surface area contributed by atoms with Crippen LogP contribution in [0, 0.1) is 11.8 Å². The molecule has 1 aromatic carbocycles. The van der Waals surface area contributed by atoms with Crippen molar-refractivity contribution in [3.63, 3.8) is 0 Å². The van der Waals surface area contributed by atoms with Crippen LogP contribution in [0.15, 0.2) is 42.5 Å². The van der Waals surface area contributed by atoms with Crippen molar-refractivity contribution in [2.24, 2.45) is 11.8 Å². The lowest BCUT2D eigenvalue weighted by molar-refractivity contribution is 0.309. The highest BCUT2D eigenvalue weighted by atomic mass is 35.5. The van der Waals surface area contributed by atoms with Gasteiger partial charge in [-0.1, -0.05) is 41.9 Å². The first kappa shape index (κ1) is 14.0. The molecular formula is C17H19ClN4. The van der Waals surface area contributed by atoms with E-state index in [9.17, 15) is 0 Å². The quantitative estimate of drug-likeness (QED) is 0.872. The maximum atomic E-state index is 5.81. The van der Waals surface area contributed by atoms with Crippen molar-refractivity contribution in [2.45, 2.75) is 6.54 Å². The van der Waals surface area contributed by atoms with Crippen LogP contribution in [0.5, 0.6) is 0 Å². The molecule has 2 aromatic rings. The lowest BCUT2D eigenvalue weighted by Gasteiger charge is -2.22. The second kappa shape index (κ2) is 5.86. The molecule has 2 saturated heterocycles. The van der Waals surface area contributed by atoms with Crippen molar-refractivity contribution < 1.29 is 0 Å². The zero-order valence-electron chi connectivity index (χ0n) is 12.4. The molecule has 2 aliphatic heterocycles. The summed E-state index contributed by atoms with van der Waals surface area (Å²) in [5.74, 6) is 2.43. The van der Waals surface area contributed by atoms with Gasteiger partial charge in [0.1, 0.15) is 0 Å². The first-order valence-electron chi connectivity index (χ1n) is 7.78. The third-order valence-corrected chi connectivity index (χ3v) is 4.95. The fraction of sp³-hybridized carbons (Fsp3) is 0.412. The first-order valence-corrected chi connectivity index (χ1v) is 8.16. The van der Waals surface area contributed by atoms with Gasteiger partial charge in [-0.3, -0.25) is 4.90 Å². The minimum atomic E-state index is 0.456. The highest BCUT2D eigenvalue weighted by Gasteiger charge is 2.40. The van der Waals surface area contributed by atoms with Gasteiger partial charge in [-0.05, 0) is 29.5 Å². The molecule has 4 rings (SSSR count). The normalized spacial score (nSPS) is 24.7. The van der Waals surface area contributed by atoms with E-state index in [2.05, 4.69) is 50.3 Å². The number of hydrogen-bond acceptors (Lipinski definition) is 4. The summed E-state index contributed by atoms with van der Waals surface area (Å²) in [4.78, 5) is 4.92. The summed E-state index contributed by atoms with van der Waals surface area (Å²) in [6.45, 7) is 5.57. The third kappa shape index (κ3) is 2.81. The van der Waals surface area contributed by atoms with Crippen LogP contribution in [-0.4, -0.2) is 41.3 Å². The van der Waals surface area contributed by atoms with Gasteiger partial charge >= 0.3 is 0 Å². The van der Waals surface area contributed by atoms with Gasteiger partial charge in [0.2, 0.25) is 0 Å². The number of likely N-dealkylation sites (tertiary alicyclic amines) is 1. The van der Waals surface area contributed by atoms with E-state index in [0.717, 1.165) is 37.3 Å². The predicted octanol–water partition coefficient (Wildman–Crippen LogP) is 2.70. The SMILES string of the molecule is Clc1ccc(N2C[C@H]3CN(Cc4ccccc4)C[C@H]3C2)nn1. The second-order valence-electron chi connectivity index (χ2n) is 6.32. The number of fused-ring (bicyclic) bond motifs is 1. The Balaban J connectivity index is 1.37. The van der Waals surface area contributed by atoms with Crippen LogP contribution in [-0.2, 0) is 6.54 Å². The summed E-state index contributed by atoms with van der Waals surface area (Å²) >= 11 is 5.81. The Hall–Kier alpha value is -1.65. The average molecular weight is 315 g/mol. The minimum absolute atomic E-state index is 0.456. The van der Waals surface area contributed by atoms with Gasteiger partial charge in [0.25, 0.3) is 0 Å². The standard InChI is InChI=1S/C17H19ClN4/c18-16-6-7-17(20-19-16)22-11-14-9-21(10-15(14)12-22)8-13-4-2-1-3-5-13/h1-7,14-15H,8-12H2/t14-,15+. The number of rotatable bonds is 3. The summed E-state index contributed by atoms with van der Waals surface area (Å²) < 4.78 is 0. The largest absolute Gasteiger partial charge is 0.354 e. The summed E-state index contributed by atoms with van der Waals surface area (Å²) in [5.41, 5.74) is 1.41. The van der Waals surface area contributed by atoms with Gasteiger partial charge in [0.05, 0.1) is 0 Å². The highest BCUT2D eigenvalue weighted by Crippen LogP contribution is 2.33. The number of halogens is 1. The number of aromatic nitrogens is 2. The predicted molar refractivity (Wildman–Crippen MR) is 88.0 cm³/mol. The Bertz CT molecular complexity index is 617. The van der Waals surface area contributed by atoms with Crippen molar-refractivity contribution in [1.29, 1.82) is 0 Å². The minimum Gasteiger partial charge on any atom is -0.354 e. The summed E-state index contributed by atoms with van der Waals surface area (Å²) in [6, 6.07) is 14.5. The molecule has 0 spiro atoms. The lowest BCUT2D eigenvalue weighted by Crippen LogP contribution is -2.29. The molecule has 5 heteroatoms. The van der Waals surface area contributed by atoms with Gasteiger partial charge in [0, 0.05) is 32.7 Å². The second-order valence-corrected chi connectivity index (χ2v) is 6.71. The number of anilines is 1. The fourth-order valence-corrected chi connectivity index (χ4v) is 3.83. The topological polar surface area (TPSA) is 32.3 Å². The fourth-order valence-electron chi connectivity index (χ4n) is 3.73. The molecule has 22 heavy (non-hydrogen) atoms. The van der Waals surface area contributed by atoms with Crippen molar-refractivity contribution in [1.82, 2.24) is 15.1 Å². The van der Waals surface area contributed by atoms with Crippen molar-refractivity contribution in [2.75, 3.05) is 31.1 Å². The Morgan fingerprint density at radius 2 is 1.64 bits per heavy atom. The van der Waals surface area contributed by atoms with Crippen LogP contribution >= 0.6 is 11.6 Å². The number of benzene rings is 1. The highest BCUT2D eigenvalue weighted by molar-refractivity contribution is 6.29. The molecule has 0 saturated carbocycles. The number of nitrogens with zero attached hydrogens (tertiary/aromatic N) is 4. The monoisotopic (exact) mass is 314 g/mol. The summed E-state index contributed by atoms with van der Waals surface area (Å²) in [6.07, 6.45) is 0. The van der Waals surface area contributed by atoms with Crippen LogP contribution in [0.3, 0.4) is 0 Å². The summed E-state index contributed by atoms with van der Waals surface area (Å²) in [5, 5.41) is 8.61. The van der Waals surface area contributed by atoms with Crippen LogP contribution in [0.25, 0.3) is 0 Å². The van der Waals surface area contributed by atoms with E-state index < -0.39 is 0 Å². The molecule has 2 fully saturated rings. The zero-order valence-corrected chi connectivity index (χ0v) is 13.2. The molecule has 0 bridgehead atoms. The Morgan fingerprint density at radius 3 is 2.27 bits per heavy atom. The van der Waals surface area contributed by atoms with Crippen LogP contribution in [0.2, 0.25) is 5.15 Å². The Labute approximate surface area is 135 Å². The molecule has 0 aliphatic carbocycles. The maximum Gasteiger partial charge on any atom is 0.151 e. The Morgan fingerprint density at radius 1 is 0.909 bits per heavy atom. The van der Waals surface area contributed by atoms with E-state index >= 15 is 0 Å². The molecule has 2 atom stereocenters. The van der Waals surface area contributed by atoms with E-state index in [1.54, 1.807) is 0 Å². The molecule has 0 N–H and O–H groups in total. The van der Waals surface area contributed by atoms with E-state index in [0.29, 0.717) is 5.15 Å². The van der Waals surface area contributed by atoms with E-state index in [1.807, 2.05) is 12.1 Å². The van der Waals surface area contributed by atoms with E-state index in [4.69, 9.17) is 11.6 Å². The smallest absolute Gasteiger partial charge is 0.151 e. The summed E-state index contributed by atoms with van der Waals surface area (Å²) in [7, 11) is 0. The molecule has 0 unspecified atom stereocenters.